The Bertz CT molecular complexity index is 1100. The molecule has 0 heterocycles. The number of halogens is 3. The van der Waals surface area contributed by atoms with E-state index in [0.717, 1.165) is 23.3 Å². The van der Waals surface area contributed by atoms with Crippen LogP contribution in [0.5, 0.6) is 0 Å². The van der Waals surface area contributed by atoms with E-state index in [4.69, 9.17) is 29.0 Å². The molecule has 0 aliphatic heterocycles. The summed E-state index contributed by atoms with van der Waals surface area (Å²) in [6, 6.07) is 7.44. The Hall–Kier alpha value is -1.93. The van der Waals surface area contributed by atoms with E-state index in [1.807, 2.05) is 25.1 Å². The molecule has 3 rings (SSSR count). The number of aryl methyl sites for hydroxylation is 1. The van der Waals surface area contributed by atoms with Crippen molar-refractivity contribution < 1.29 is 17.2 Å². The van der Waals surface area contributed by atoms with Gasteiger partial charge in [0.2, 0.25) is 10.0 Å². The summed E-state index contributed by atoms with van der Waals surface area (Å²) < 4.78 is 50.8. The van der Waals surface area contributed by atoms with Gasteiger partial charge < -0.3 is 0 Å². The monoisotopic (exact) mass is 425 g/mol. The number of allylic oxidation sites excluding steroid dienone is 4. The van der Waals surface area contributed by atoms with E-state index in [2.05, 4.69) is 0 Å². The van der Waals surface area contributed by atoms with E-state index in [0.29, 0.717) is 15.5 Å². The molecule has 0 saturated carbocycles. The van der Waals surface area contributed by atoms with Crippen LogP contribution in [-0.4, -0.2) is 13.3 Å². The van der Waals surface area contributed by atoms with Crippen LogP contribution in [0.3, 0.4) is 0 Å². The van der Waals surface area contributed by atoms with Crippen molar-refractivity contribution in [1.29, 1.82) is 0 Å². The van der Waals surface area contributed by atoms with Gasteiger partial charge in [0.25, 0.3) is 0 Å². The highest BCUT2D eigenvalue weighted by atomic mass is 35.5. The Morgan fingerprint density at radius 2 is 1.78 bits per heavy atom. The van der Waals surface area contributed by atoms with E-state index in [9.17, 15) is 17.2 Å². The number of primary sulfonamides is 1. The average molecular weight is 426 g/mol. The lowest BCUT2D eigenvalue weighted by Gasteiger charge is -2.19. The normalized spacial score (nSPS) is 17.1. The molecule has 0 aromatic heterocycles. The molecule has 1 aliphatic rings. The molecular weight excluding hydrogens is 412 g/mol. The predicted molar refractivity (Wildman–Crippen MR) is 106 cm³/mol. The van der Waals surface area contributed by atoms with E-state index < -0.39 is 26.6 Å². The minimum atomic E-state index is -4.50. The van der Waals surface area contributed by atoms with Crippen molar-refractivity contribution in [1.82, 2.24) is 0 Å². The van der Waals surface area contributed by atoms with Crippen LogP contribution < -0.4 is 5.14 Å². The van der Waals surface area contributed by atoms with Crippen LogP contribution in [0.4, 0.5) is 8.78 Å². The molecule has 2 aromatic carbocycles. The zero-order chi connectivity index (χ0) is 19.9. The summed E-state index contributed by atoms with van der Waals surface area (Å²) in [5.41, 5.74) is 2.51. The minimum Gasteiger partial charge on any atom is -0.224 e. The largest absolute Gasteiger partial charge is 0.243 e. The molecule has 1 atom stereocenters. The molecular formula is C19H14ClF2NO2S2. The number of hydrogen-bond donors (Lipinski definition) is 1. The van der Waals surface area contributed by atoms with Gasteiger partial charge in [0, 0.05) is 15.8 Å². The average Bonchev–Trinajstić information content (AvgIpc) is 2.55. The first-order chi connectivity index (χ1) is 12.6. The lowest BCUT2D eigenvalue weighted by Crippen LogP contribution is -2.16. The zero-order valence-corrected chi connectivity index (χ0v) is 16.4. The highest BCUT2D eigenvalue weighted by molar-refractivity contribution is 7.89. The fourth-order valence-corrected chi connectivity index (χ4v) is 4.02. The van der Waals surface area contributed by atoms with Crippen LogP contribution in [-0.2, 0) is 10.0 Å². The maximum Gasteiger partial charge on any atom is 0.243 e. The van der Waals surface area contributed by atoms with Gasteiger partial charge in [-0.3, -0.25) is 0 Å². The van der Waals surface area contributed by atoms with Crippen molar-refractivity contribution in [3.05, 3.63) is 81.9 Å². The Kier molecular flexibility index (Phi) is 5.31. The van der Waals surface area contributed by atoms with Crippen LogP contribution in [0.15, 0.2) is 53.5 Å². The summed E-state index contributed by atoms with van der Waals surface area (Å²) in [5, 5.41) is 5.50. The van der Waals surface area contributed by atoms with Crippen molar-refractivity contribution in [2.75, 3.05) is 0 Å². The maximum atomic E-state index is 14.1. The smallest absolute Gasteiger partial charge is 0.224 e. The Morgan fingerprint density at radius 3 is 2.30 bits per heavy atom. The van der Waals surface area contributed by atoms with Gasteiger partial charge >= 0.3 is 0 Å². The predicted octanol–water partition coefficient (Wildman–Crippen LogP) is 4.68. The molecule has 0 amide bonds. The van der Waals surface area contributed by atoms with Crippen LogP contribution >= 0.6 is 23.8 Å². The summed E-state index contributed by atoms with van der Waals surface area (Å²) in [7, 11) is -4.50. The molecule has 140 valence electrons. The second-order valence-electron chi connectivity index (χ2n) is 6.16. The molecule has 3 nitrogen and oxygen atoms in total. The van der Waals surface area contributed by atoms with Crippen molar-refractivity contribution in [3.8, 4) is 0 Å². The summed E-state index contributed by atoms with van der Waals surface area (Å²) >= 11 is 11.5. The fraction of sp³-hybridized carbons (Fsp3) is 0.105. The second-order valence-corrected chi connectivity index (χ2v) is 8.54. The molecule has 2 N–H and O–H groups in total. The van der Waals surface area contributed by atoms with Gasteiger partial charge in [-0.25, -0.2) is 22.3 Å². The topological polar surface area (TPSA) is 60.2 Å². The molecule has 0 fully saturated rings. The van der Waals surface area contributed by atoms with Gasteiger partial charge in [-0.1, -0.05) is 48.1 Å². The summed E-state index contributed by atoms with van der Waals surface area (Å²) in [5.74, 6) is -2.66. The summed E-state index contributed by atoms with van der Waals surface area (Å²) in [6.45, 7) is 1.89. The Morgan fingerprint density at radius 1 is 1.15 bits per heavy atom. The van der Waals surface area contributed by atoms with E-state index in [1.165, 1.54) is 0 Å². The number of thiocarbonyl (C=S) groups is 1. The molecule has 0 radical (unpaired) electrons. The molecule has 0 bridgehead atoms. The van der Waals surface area contributed by atoms with Crippen molar-refractivity contribution >= 4 is 44.3 Å². The van der Waals surface area contributed by atoms with E-state index in [-0.39, 0.29) is 11.5 Å². The number of hydrogen-bond acceptors (Lipinski definition) is 3. The number of sulfonamides is 1. The maximum absolute atomic E-state index is 14.1. The quantitative estimate of drug-likeness (QED) is 0.726. The number of rotatable bonds is 3. The van der Waals surface area contributed by atoms with E-state index >= 15 is 0 Å². The summed E-state index contributed by atoms with van der Waals surface area (Å²) in [6.07, 6.45) is 5.15. The first kappa shape index (κ1) is 19.8. The van der Waals surface area contributed by atoms with Gasteiger partial charge in [-0.2, -0.15) is 0 Å². The first-order valence-corrected chi connectivity index (χ1v) is 10.1. The van der Waals surface area contributed by atoms with Gasteiger partial charge in [0.05, 0.1) is 0 Å². The zero-order valence-electron chi connectivity index (χ0n) is 14.0. The third-order valence-corrected chi connectivity index (χ3v) is 5.98. The van der Waals surface area contributed by atoms with Gasteiger partial charge in [-0.05, 0) is 53.5 Å². The molecule has 2 aromatic rings. The van der Waals surface area contributed by atoms with Gasteiger partial charge in [-0.15, -0.1) is 0 Å². The number of nitrogens with two attached hydrogens (primary N) is 1. The lowest BCUT2D eigenvalue weighted by molar-refractivity contribution is 0.519. The highest BCUT2D eigenvalue weighted by Gasteiger charge is 2.23. The molecule has 1 unspecified atom stereocenters. The Balaban J connectivity index is 1.96. The first-order valence-electron chi connectivity index (χ1n) is 7.80. The van der Waals surface area contributed by atoms with Gasteiger partial charge in [0.15, 0.2) is 4.90 Å². The van der Waals surface area contributed by atoms with Crippen LogP contribution in [0.2, 0.25) is 5.02 Å². The molecule has 0 spiro atoms. The van der Waals surface area contributed by atoms with Crippen LogP contribution in [0.25, 0.3) is 5.57 Å². The third-order valence-electron chi connectivity index (χ3n) is 4.23. The van der Waals surface area contributed by atoms with E-state index in [1.54, 1.807) is 18.2 Å². The number of benzene rings is 2. The van der Waals surface area contributed by atoms with Crippen molar-refractivity contribution in [2.24, 2.45) is 5.14 Å². The van der Waals surface area contributed by atoms with Gasteiger partial charge in [0.1, 0.15) is 11.6 Å². The molecule has 0 saturated heterocycles. The SMILES string of the molecule is Cc1cc(C2C=CC(c3cc(F)c(S(N)(=O)=O)c(F)c3)=CC2=S)ccc1Cl. The standard InChI is InChI=1S/C19H14ClF2NO2S2/c1-10-6-12(3-5-15(10)20)14-4-2-11(9-18(14)26)13-7-16(21)19(17(22)8-13)27(23,24)25/h2-9,14H,1H3,(H2,23,24,25). The third kappa shape index (κ3) is 4.01. The Labute approximate surface area is 166 Å². The molecule has 8 heteroatoms. The molecule has 1 aliphatic carbocycles. The van der Waals surface area contributed by atoms with Crippen molar-refractivity contribution in [2.45, 2.75) is 17.7 Å². The molecule has 27 heavy (non-hydrogen) atoms. The fourth-order valence-electron chi connectivity index (χ4n) is 2.90. The lowest BCUT2D eigenvalue weighted by atomic mass is 9.87. The minimum absolute atomic E-state index is 0.168. The van der Waals surface area contributed by atoms with Crippen LogP contribution in [0, 0.1) is 18.6 Å². The summed E-state index contributed by atoms with van der Waals surface area (Å²) in [4.78, 5) is -0.589. The highest BCUT2D eigenvalue weighted by Crippen LogP contribution is 2.32. The van der Waals surface area contributed by atoms with Crippen LogP contribution in [0.1, 0.15) is 22.6 Å². The second kappa shape index (κ2) is 7.24. The van der Waals surface area contributed by atoms with Crippen molar-refractivity contribution in [3.63, 3.8) is 0 Å².